The monoisotopic (exact) mass is 428 g/mol. The van der Waals surface area contributed by atoms with E-state index in [0.29, 0.717) is 31.1 Å². The van der Waals surface area contributed by atoms with Gasteiger partial charge in [-0.05, 0) is 19.3 Å². The van der Waals surface area contributed by atoms with Crippen LogP contribution in [0.2, 0.25) is 0 Å². The number of hydrogen-bond acceptors (Lipinski definition) is 6. The van der Waals surface area contributed by atoms with Crippen LogP contribution in [0.3, 0.4) is 0 Å². The number of rotatable bonds is 6. The van der Waals surface area contributed by atoms with Gasteiger partial charge in [-0.15, -0.1) is 12.4 Å². The van der Waals surface area contributed by atoms with Crippen LogP contribution in [-0.2, 0) is 26.3 Å². The lowest BCUT2D eigenvalue weighted by atomic mass is 9.89. The standard InChI is InChI=1S/C19H28N4O5.ClH/c1-13(24)21-19(9-4-2-3-5-10-19)18-20-15(28-22-18)6-7-16(25)23-11-8-14(12-23)17(26)27;/h14H,2-12H2,1H3,(H,21,24)(H,26,27);1H. The first kappa shape index (κ1) is 23.1. The Morgan fingerprint density at radius 3 is 2.52 bits per heavy atom. The molecule has 1 aromatic rings. The summed E-state index contributed by atoms with van der Waals surface area (Å²) < 4.78 is 5.36. The van der Waals surface area contributed by atoms with E-state index in [2.05, 4.69) is 15.5 Å². The van der Waals surface area contributed by atoms with Crippen molar-refractivity contribution < 1.29 is 24.0 Å². The second-order valence-corrected chi connectivity index (χ2v) is 7.85. The van der Waals surface area contributed by atoms with Crippen LogP contribution in [-0.4, -0.2) is 51.0 Å². The molecule has 2 amide bonds. The van der Waals surface area contributed by atoms with E-state index in [1.54, 1.807) is 4.90 Å². The van der Waals surface area contributed by atoms with Gasteiger partial charge >= 0.3 is 5.97 Å². The van der Waals surface area contributed by atoms with Crippen LogP contribution in [0, 0.1) is 5.92 Å². The highest BCUT2D eigenvalue weighted by atomic mass is 35.5. The first-order chi connectivity index (χ1) is 13.4. The predicted octanol–water partition coefficient (Wildman–Crippen LogP) is 2.04. The van der Waals surface area contributed by atoms with Crippen LogP contribution < -0.4 is 5.32 Å². The molecule has 1 saturated carbocycles. The maximum Gasteiger partial charge on any atom is 0.308 e. The summed E-state index contributed by atoms with van der Waals surface area (Å²) in [6, 6.07) is 0. The number of hydrogen-bond donors (Lipinski definition) is 2. The van der Waals surface area contributed by atoms with Gasteiger partial charge in [-0.3, -0.25) is 14.4 Å². The molecule has 0 radical (unpaired) electrons. The number of carboxylic acids is 1. The molecular weight excluding hydrogens is 400 g/mol. The normalized spacial score (nSPS) is 21.1. The first-order valence-corrected chi connectivity index (χ1v) is 10.0. The zero-order valence-corrected chi connectivity index (χ0v) is 17.5. The average Bonchev–Trinajstić information content (AvgIpc) is 3.27. The quantitative estimate of drug-likeness (QED) is 0.664. The number of nitrogens with zero attached hydrogens (tertiary/aromatic N) is 3. The van der Waals surface area contributed by atoms with E-state index in [0.717, 1.165) is 38.5 Å². The van der Waals surface area contributed by atoms with Crippen molar-refractivity contribution in [3.8, 4) is 0 Å². The third-order valence-electron chi connectivity index (χ3n) is 5.71. The number of carboxylic acid groups (broad SMARTS) is 1. The van der Waals surface area contributed by atoms with Crippen molar-refractivity contribution in [1.82, 2.24) is 20.4 Å². The Kier molecular flexibility index (Phi) is 8.01. The molecule has 3 rings (SSSR count). The zero-order chi connectivity index (χ0) is 20.1. The molecule has 9 nitrogen and oxygen atoms in total. The van der Waals surface area contributed by atoms with Crippen LogP contribution in [0.4, 0.5) is 0 Å². The van der Waals surface area contributed by atoms with E-state index < -0.39 is 17.4 Å². The number of aliphatic carboxylic acids is 1. The number of aromatic nitrogens is 2. The van der Waals surface area contributed by atoms with Crippen molar-refractivity contribution in [2.75, 3.05) is 13.1 Å². The maximum absolute atomic E-state index is 12.3. The van der Waals surface area contributed by atoms with Gasteiger partial charge in [0.2, 0.25) is 17.7 Å². The Morgan fingerprint density at radius 2 is 1.93 bits per heavy atom. The minimum Gasteiger partial charge on any atom is -0.481 e. The van der Waals surface area contributed by atoms with E-state index in [4.69, 9.17) is 9.63 Å². The third kappa shape index (κ3) is 5.68. The molecule has 2 aliphatic rings. The summed E-state index contributed by atoms with van der Waals surface area (Å²) in [6.07, 6.45) is 6.75. The molecule has 0 bridgehead atoms. The second kappa shape index (κ2) is 10.0. The van der Waals surface area contributed by atoms with E-state index in [-0.39, 0.29) is 37.2 Å². The van der Waals surface area contributed by atoms with E-state index >= 15 is 0 Å². The summed E-state index contributed by atoms with van der Waals surface area (Å²) in [5, 5.41) is 16.2. The summed E-state index contributed by atoms with van der Waals surface area (Å²) in [5.74, 6) is -0.708. The number of halogens is 1. The van der Waals surface area contributed by atoms with Gasteiger partial charge in [0.15, 0.2) is 5.82 Å². The van der Waals surface area contributed by atoms with Crippen LogP contribution in [0.1, 0.15) is 70.0 Å². The molecule has 1 atom stereocenters. The molecule has 1 aromatic heterocycles. The largest absolute Gasteiger partial charge is 0.481 e. The molecule has 0 aromatic carbocycles. The fourth-order valence-corrected chi connectivity index (χ4v) is 4.18. The highest BCUT2D eigenvalue weighted by molar-refractivity contribution is 5.85. The highest BCUT2D eigenvalue weighted by Crippen LogP contribution is 2.34. The molecule has 2 N–H and O–H groups in total. The number of amides is 2. The molecule has 2 fully saturated rings. The Hall–Kier alpha value is -2.16. The minimum atomic E-state index is -0.858. The number of carbonyl (C=O) groups is 3. The molecule has 1 saturated heterocycles. The van der Waals surface area contributed by atoms with E-state index in [9.17, 15) is 14.4 Å². The van der Waals surface area contributed by atoms with Gasteiger partial charge in [0, 0.05) is 32.9 Å². The molecule has 2 heterocycles. The average molecular weight is 429 g/mol. The lowest BCUT2D eigenvalue weighted by Crippen LogP contribution is -2.45. The van der Waals surface area contributed by atoms with Crippen molar-refractivity contribution in [2.24, 2.45) is 5.92 Å². The van der Waals surface area contributed by atoms with Crippen molar-refractivity contribution in [1.29, 1.82) is 0 Å². The number of nitrogens with one attached hydrogen (secondary N) is 1. The molecule has 1 aliphatic carbocycles. The fourth-order valence-electron chi connectivity index (χ4n) is 4.18. The van der Waals surface area contributed by atoms with Crippen molar-refractivity contribution in [3.05, 3.63) is 11.7 Å². The molecule has 1 unspecified atom stereocenters. The minimum absolute atomic E-state index is 0. The highest BCUT2D eigenvalue weighted by Gasteiger charge is 2.38. The van der Waals surface area contributed by atoms with Crippen molar-refractivity contribution in [2.45, 2.75) is 70.3 Å². The Labute approximate surface area is 176 Å². The zero-order valence-electron chi connectivity index (χ0n) is 16.7. The maximum atomic E-state index is 12.3. The van der Waals surface area contributed by atoms with E-state index in [1.807, 2.05) is 0 Å². The molecule has 162 valence electrons. The van der Waals surface area contributed by atoms with Gasteiger partial charge in [0.05, 0.1) is 5.92 Å². The lowest BCUT2D eigenvalue weighted by molar-refractivity contribution is -0.141. The summed E-state index contributed by atoms with van der Waals surface area (Å²) >= 11 is 0. The second-order valence-electron chi connectivity index (χ2n) is 7.85. The Balaban J connectivity index is 0.00000300. The van der Waals surface area contributed by atoms with Crippen LogP contribution >= 0.6 is 12.4 Å². The van der Waals surface area contributed by atoms with Crippen molar-refractivity contribution >= 4 is 30.2 Å². The molecule has 1 aliphatic heterocycles. The first-order valence-electron chi connectivity index (χ1n) is 10.0. The molecule has 0 spiro atoms. The van der Waals surface area contributed by atoms with Gasteiger partial charge in [-0.2, -0.15) is 4.98 Å². The van der Waals surface area contributed by atoms with Gasteiger partial charge in [-0.1, -0.05) is 30.8 Å². The summed E-state index contributed by atoms with van der Waals surface area (Å²) in [7, 11) is 0. The van der Waals surface area contributed by atoms with Gasteiger partial charge < -0.3 is 19.8 Å². The molecule has 10 heteroatoms. The van der Waals surface area contributed by atoms with E-state index in [1.165, 1.54) is 6.92 Å². The summed E-state index contributed by atoms with van der Waals surface area (Å²) in [6.45, 7) is 2.22. The number of carbonyl (C=O) groups excluding carboxylic acids is 2. The smallest absolute Gasteiger partial charge is 0.308 e. The topological polar surface area (TPSA) is 126 Å². The predicted molar refractivity (Wildman–Crippen MR) is 105 cm³/mol. The molecule has 29 heavy (non-hydrogen) atoms. The van der Waals surface area contributed by atoms with Crippen LogP contribution in [0.15, 0.2) is 4.52 Å². The lowest BCUT2D eigenvalue weighted by Gasteiger charge is -2.30. The van der Waals surface area contributed by atoms with Crippen molar-refractivity contribution in [3.63, 3.8) is 0 Å². The van der Waals surface area contributed by atoms with Gasteiger partial charge in [-0.25, -0.2) is 0 Å². The van der Waals surface area contributed by atoms with Gasteiger partial charge in [0.1, 0.15) is 5.54 Å². The summed E-state index contributed by atoms with van der Waals surface area (Å²) in [4.78, 5) is 41.2. The number of aryl methyl sites for hydroxylation is 1. The van der Waals surface area contributed by atoms with Gasteiger partial charge in [0.25, 0.3) is 0 Å². The van der Waals surface area contributed by atoms with Crippen LogP contribution in [0.5, 0.6) is 0 Å². The Bertz CT molecular complexity index is 730. The number of likely N-dealkylation sites (tertiary alicyclic amines) is 1. The summed E-state index contributed by atoms with van der Waals surface area (Å²) in [5.41, 5.74) is -0.599. The Morgan fingerprint density at radius 1 is 1.24 bits per heavy atom. The third-order valence-corrected chi connectivity index (χ3v) is 5.71. The fraction of sp³-hybridized carbons (Fsp3) is 0.737. The molecular formula is C19H29ClN4O5. The SMILES string of the molecule is CC(=O)NC1(c2noc(CCC(=O)N3CCC(C(=O)O)C3)n2)CCCCCC1.Cl. The van der Waals surface area contributed by atoms with Crippen LogP contribution in [0.25, 0.3) is 0 Å².